The lowest BCUT2D eigenvalue weighted by Gasteiger charge is -2.18. The molecule has 1 aromatic rings. The second-order valence-electron chi connectivity index (χ2n) is 3.33. The van der Waals surface area contributed by atoms with Crippen LogP contribution in [-0.4, -0.2) is 7.11 Å². The lowest BCUT2D eigenvalue weighted by atomic mass is 10.0. The lowest BCUT2D eigenvalue weighted by molar-refractivity contribution is 0.413. The number of hydrogen-bond donors (Lipinski definition) is 2. The van der Waals surface area contributed by atoms with Gasteiger partial charge in [0, 0.05) is 4.47 Å². The Hall–Kier alpha value is -0.840. The van der Waals surface area contributed by atoms with Crippen LogP contribution in [0.25, 0.3) is 0 Å². The maximum Gasteiger partial charge on any atom is 0.119 e. The van der Waals surface area contributed by atoms with E-state index in [1.54, 1.807) is 7.11 Å². The molecule has 0 bridgehead atoms. The molecule has 0 heterocycles. The summed E-state index contributed by atoms with van der Waals surface area (Å²) < 4.78 is 6.15. The monoisotopic (exact) mass is 270 g/mol. The quantitative estimate of drug-likeness (QED) is 0.502. The van der Waals surface area contributed by atoms with E-state index in [1.807, 2.05) is 25.1 Å². The van der Waals surface area contributed by atoms with E-state index < -0.39 is 0 Å². The molecule has 1 aromatic carbocycles. The molecule has 1 rings (SSSR count). The fourth-order valence-electron chi connectivity index (χ4n) is 1.37. The summed E-state index contributed by atoms with van der Waals surface area (Å²) in [5, 5.41) is 0. The highest BCUT2D eigenvalue weighted by Gasteiger charge is 2.14. The first kappa shape index (κ1) is 12.2. The van der Waals surface area contributed by atoms with Gasteiger partial charge in [0.05, 0.1) is 13.2 Å². The molecule has 0 aliphatic carbocycles. The van der Waals surface area contributed by atoms with Crippen molar-refractivity contribution in [1.29, 1.82) is 0 Å². The fourth-order valence-corrected chi connectivity index (χ4v) is 1.84. The van der Waals surface area contributed by atoms with Crippen molar-refractivity contribution in [3.05, 3.63) is 40.4 Å². The van der Waals surface area contributed by atoms with Crippen LogP contribution < -0.4 is 16.0 Å². The summed E-state index contributed by atoms with van der Waals surface area (Å²) in [5.74, 6) is 6.29. The second-order valence-corrected chi connectivity index (χ2v) is 4.19. The molecule has 0 spiro atoms. The molecule has 4 heteroatoms. The van der Waals surface area contributed by atoms with Crippen LogP contribution in [0.2, 0.25) is 0 Å². The summed E-state index contributed by atoms with van der Waals surface area (Å²) in [6.45, 7) is 5.82. The normalized spacial score (nSPS) is 12.3. The predicted molar refractivity (Wildman–Crippen MR) is 65.6 cm³/mol. The van der Waals surface area contributed by atoms with Gasteiger partial charge in [-0.25, -0.2) is 5.43 Å². The Morgan fingerprint density at radius 3 is 2.73 bits per heavy atom. The van der Waals surface area contributed by atoms with Crippen LogP contribution in [0.4, 0.5) is 0 Å². The fraction of sp³-hybridized carbons (Fsp3) is 0.273. The second kappa shape index (κ2) is 5.30. The minimum Gasteiger partial charge on any atom is -0.497 e. The summed E-state index contributed by atoms with van der Waals surface area (Å²) in [5.41, 5.74) is 4.69. The predicted octanol–water partition coefficient (Wildman–Crippen LogP) is 2.54. The molecule has 0 aliphatic heterocycles. The molecular formula is C11H15BrN2O. The number of hydrogen-bond acceptors (Lipinski definition) is 3. The number of nitrogens with two attached hydrogens (primary N) is 1. The van der Waals surface area contributed by atoms with Gasteiger partial charge in [0.25, 0.3) is 0 Å². The molecule has 0 saturated heterocycles. The zero-order chi connectivity index (χ0) is 11.4. The van der Waals surface area contributed by atoms with Gasteiger partial charge in [0.1, 0.15) is 5.75 Å². The Morgan fingerprint density at radius 2 is 2.27 bits per heavy atom. The van der Waals surface area contributed by atoms with Crippen molar-refractivity contribution in [3.63, 3.8) is 0 Å². The smallest absolute Gasteiger partial charge is 0.119 e. The van der Waals surface area contributed by atoms with E-state index in [9.17, 15) is 0 Å². The molecule has 1 unspecified atom stereocenters. The van der Waals surface area contributed by atoms with Crippen LogP contribution in [0.5, 0.6) is 5.75 Å². The molecule has 3 N–H and O–H groups in total. The standard InChI is InChI=1S/C11H15BrN2O/c1-7(2)11(14-13)9-6-8(15-3)4-5-10(9)12/h4-6,11,14H,1,13H2,2-3H3. The highest BCUT2D eigenvalue weighted by Crippen LogP contribution is 2.30. The highest BCUT2D eigenvalue weighted by atomic mass is 79.9. The Bertz CT molecular complexity index is 366. The molecule has 0 amide bonds. The number of ether oxygens (including phenoxy) is 1. The Balaban J connectivity index is 3.15. The van der Waals surface area contributed by atoms with Crippen LogP contribution in [0.3, 0.4) is 0 Å². The van der Waals surface area contributed by atoms with Gasteiger partial charge in [-0.2, -0.15) is 0 Å². The molecule has 0 fully saturated rings. The number of rotatable bonds is 4. The lowest BCUT2D eigenvalue weighted by Crippen LogP contribution is -2.28. The summed E-state index contributed by atoms with van der Waals surface area (Å²) in [6.07, 6.45) is 0. The van der Waals surface area contributed by atoms with Gasteiger partial charge in [-0.05, 0) is 30.7 Å². The summed E-state index contributed by atoms with van der Waals surface area (Å²) in [4.78, 5) is 0. The number of nitrogens with one attached hydrogen (secondary N) is 1. The van der Waals surface area contributed by atoms with E-state index in [4.69, 9.17) is 10.6 Å². The minimum atomic E-state index is -0.0746. The number of methoxy groups -OCH3 is 1. The third-order valence-electron chi connectivity index (χ3n) is 2.17. The summed E-state index contributed by atoms with van der Waals surface area (Å²) >= 11 is 3.48. The van der Waals surface area contributed by atoms with Crippen LogP contribution in [0, 0.1) is 0 Å². The summed E-state index contributed by atoms with van der Waals surface area (Å²) in [6, 6.07) is 5.68. The van der Waals surface area contributed by atoms with Gasteiger partial charge in [-0.1, -0.05) is 28.1 Å². The van der Waals surface area contributed by atoms with E-state index in [0.717, 1.165) is 21.4 Å². The average molecular weight is 271 g/mol. The first-order valence-corrected chi connectivity index (χ1v) is 5.34. The molecule has 0 radical (unpaired) electrons. The maximum atomic E-state index is 5.49. The van der Waals surface area contributed by atoms with Crippen molar-refractivity contribution in [3.8, 4) is 5.75 Å². The van der Waals surface area contributed by atoms with E-state index >= 15 is 0 Å². The molecular weight excluding hydrogens is 256 g/mol. The highest BCUT2D eigenvalue weighted by molar-refractivity contribution is 9.10. The van der Waals surface area contributed by atoms with Gasteiger partial charge in [-0.3, -0.25) is 5.84 Å². The molecule has 0 aliphatic rings. The minimum absolute atomic E-state index is 0.0746. The Labute approximate surface area is 98.4 Å². The van der Waals surface area contributed by atoms with Crippen molar-refractivity contribution in [2.45, 2.75) is 13.0 Å². The summed E-state index contributed by atoms with van der Waals surface area (Å²) in [7, 11) is 1.64. The average Bonchev–Trinajstić information content (AvgIpc) is 2.21. The molecule has 0 saturated carbocycles. The first-order valence-electron chi connectivity index (χ1n) is 4.55. The van der Waals surface area contributed by atoms with Crippen LogP contribution in [0.15, 0.2) is 34.8 Å². The zero-order valence-electron chi connectivity index (χ0n) is 8.88. The number of hydrazine groups is 1. The molecule has 82 valence electrons. The van der Waals surface area contributed by atoms with Gasteiger partial charge >= 0.3 is 0 Å². The molecule has 3 nitrogen and oxygen atoms in total. The van der Waals surface area contributed by atoms with Gasteiger partial charge < -0.3 is 4.74 Å². The van der Waals surface area contributed by atoms with E-state index in [-0.39, 0.29) is 6.04 Å². The van der Waals surface area contributed by atoms with Crippen molar-refractivity contribution >= 4 is 15.9 Å². The van der Waals surface area contributed by atoms with Crippen molar-refractivity contribution < 1.29 is 4.74 Å². The topological polar surface area (TPSA) is 47.3 Å². The van der Waals surface area contributed by atoms with Crippen LogP contribution in [0.1, 0.15) is 18.5 Å². The zero-order valence-corrected chi connectivity index (χ0v) is 10.5. The van der Waals surface area contributed by atoms with Crippen molar-refractivity contribution in [2.24, 2.45) is 5.84 Å². The molecule has 1 atom stereocenters. The van der Waals surface area contributed by atoms with Crippen molar-refractivity contribution in [1.82, 2.24) is 5.43 Å². The van der Waals surface area contributed by atoms with Crippen molar-refractivity contribution in [2.75, 3.05) is 7.11 Å². The van der Waals surface area contributed by atoms with E-state index in [1.165, 1.54) is 0 Å². The number of benzene rings is 1. The number of halogens is 1. The van der Waals surface area contributed by atoms with Crippen LogP contribution in [-0.2, 0) is 0 Å². The van der Waals surface area contributed by atoms with E-state index in [0.29, 0.717) is 0 Å². The largest absolute Gasteiger partial charge is 0.497 e. The third-order valence-corrected chi connectivity index (χ3v) is 2.90. The SMILES string of the molecule is C=C(C)C(NN)c1cc(OC)ccc1Br. The van der Waals surface area contributed by atoms with Gasteiger partial charge in [0.2, 0.25) is 0 Å². The first-order chi connectivity index (χ1) is 7.10. The Kier molecular flexibility index (Phi) is 4.32. The van der Waals surface area contributed by atoms with E-state index in [2.05, 4.69) is 27.9 Å². The third kappa shape index (κ3) is 2.81. The van der Waals surface area contributed by atoms with Crippen LogP contribution >= 0.6 is 15.9 Å². The van der Waals surface area contributed by atoms with Gasteiger partial charge in [0.15, 0.2) is 0 Å². The van der Waals surface area contributed by atoms with Gasteiger partial charge in [-0.15, -0.1) is 0 Å². The molecule has 0 aromatic heterocycles. The maximum absolute atomic E-state index is 5.49. The Morgan fingerprint density at radius 1 is 1.60 bits per heavy atom. The molecule has 15 heavy (non-hydrogen) atoms.